The van der Waals surface area contributed by atoms with Crippen LogP contribution in [-0.4, -0.2) is 18.5 Å². The van der Waals surface area contributed by atoms with Crippen LogP contribution in [0.2, 0.25) is 0 Å². The summed E-state index contributed by atoms with van der Waals surface area (Å²) < 4.78 is 0. The van der Waals surface area contributed by atoms with Crippen LogP contribution in [-0.2, 0) is 17.6 Å². The Kier molecular flexibility index (Phi) is 5.94. The molecule has 0 unspecified atom stereocenters. The van der Waals surface area contributed by atoms with Crippen molar-refractivity contribution in [3.05, 3.63) is 71.8 Å². The topological polar surface area (TPSA) is 55.1 Å². The molecule has 0 aliphatic carbocycles. The van der Waals surface area contributed by atoms with E-state index in [2.05, 4.69) is 31.3 Å². The predicted octanol–water partition coefficient (Wildman–Crippen LogP) is 2.94. The summed E-state index contributed by atoms with van der Waals surface area (Å²) in [5, 5.41) is 3.00. The second kappa shape index (κ2) is 7.93. The summed E-state index contributed by atoms with van der Waals surface area (Å²) in [5.74, 6) is -0.0880. The molecule has 3 heteroatoms. The number of amides is 1. The molecular formula is C20H26N2O. The molecular weight excluding hydrogens is 284 g/mol. The Morgan fingerprint density at radius 3 is 2.09 bits per heavy atom. The normalized spacial score (nSPS) is 12.7. The number of hydrogen-bond acceptors (Lipinski definition) is 2. The Bertz CT molecular complexity index is 608. The van der Waals surface area contributed by atoms with E-state index in [0.717, 1.165) is 12.0 Å². The minimum atomic E-state index is -0.509. The third-order valence-corrected chi connectivity index (χ3v) is 3.90. The standard InChI is InChI=1S/C20H26N2O/c1-20(2,14-17-11-7-4-8-12-17)15-22-19(23)18(21)13-16-9-5-3-6-10-16/h3-12,18H,13-15,21H2,1-2H3,(H,22,23)/t18-/m0/s1. The molecule has 0 saturated heterocycles. The fourth-order valence-corrected chi connectivity index (χ4v) is 2.63. The molecule has 23 heavy (non-hydrogen) atoms. The van der Waals surface area contributed by atoms with Crippen molar-refractivity contribution in [3.8, 4) is 0 Å². The van der Waals surface area contributed by atoms with E-state index < -0.39 is 6.04 Å². The van der Waals surface area contributed by atoms with Crippen molar-refractivity contribution < 1.29 is 4.79 Å². The molecule has 1 atom stereocenters. The number of carbonyl (C=O) groups excluding carboxylic acids is 1. The Morgan fingerprint density at radius 2 is 1.52 bits per heavy atom. The van der Waals surface area contributed by atoms with Crippen LogP contribution in [0.3, 0.4) is 0 Å². The van der Waals surface area contributed by atoms with Gasteiger partial charge in [-0.05, 0) is 29.4 Å². The molecule has 1 amide bonds. The summed E-state index contributed by atoms with van der Waals surface area (Å²) in [6, 6.07) is 19.7. The van der Waals surface area contributed by atoms with Gasteiger partial charge in [-0.15, -0.1) is 0 Å². The lowest BCUT2D eigenvalue weighted by molar-refractivity contribution is -0.122. The molecule has 0 aromatic heterocycles. The molecule has 0 heterocycles. The number of nitrogens with one attached hydrogen (secondary N) is 1. The third-order valence-electron chi connectivity index (χ3n) is 3.90. The van der Waals surface area contributed by atoms with E-state index in [4.69, 9.17) is 5.73 Å². The van der Waals surface area contributed by atoms with Gasteiger partial charge in [0.25, 0.3) is 0 Å². The number of nitrogens with two attached hydrogens (primary N) is 1. The molecule has 0 radical (unpaired) electrons. The highest BCUT2D eigenvalue weighted by Crippen LogP contribution is 2.20. The number of carbonyl (C=O) groups is 1. The van der Waals surface area contributed by atoms with E-state index >= 15 is 0 Å². The zero-order valence-corrected chi connectivity index (χ0v) is 14.0. The molecule has 3 nitrogen and oxygen atoms in total. The van der Waals surface area contributed by atoms with Gasteiger partial charge in [0.05, 0.1) is 6.04 Å². The summed E-state index contributed by atoms with van der Waals surface area (Å²) >= 11 is 0. The van der Waals surface area contributed by atoms with Gasteiger partial charge in [-0.2, -0.15) is 0 Å². The quantitative estimate of drug-likeness (QED) is 0.826. The van der Waals surface area contributed by atoms with E-state index in [9.17, 15) is 4.79 Å². The minimum absolute atomic E-state index is 0.0104. The van der Waals surface area contributed by atoms with Crippen LogP contribution in [0.4, 0.5) is 0 Å². The molecule has 2 rings (SSSR count). The van der Waals surface area contributed by atoms with Gasteiger partial charge in [0.15, 0.2) is 0 Å². The van der Waals surface area contributed by atoms with Crippen molar-refractivity contribution in [1.29, 1.82) is 0 Å². The number of rotatable bonds is 7. The fourth-order valence-electron chi connectivity index (χ4n) is 2.63. The zero-order valence-electron chi connectivity index (χ0n) is 14.0. The van der Waals surface area contributed by atoms with Crippen molar-refractivity contribution >= 4 is 5.91 Å². The first-order chi connectivity index (χ1) is 11.0. The average molecular weight is 310 g/mol. The van der Waals surface area contributed by atoms with Gasteiger partial charge >= 0.3 is 0 Å². The van der Waals surface area contributed by atoms with Crippen LogP contribution >= 0.6 is 0 Å². The second-order valence-corrected chi connectivity index (χ2v) is 6.84. The van der Waals surface area contributed by atoms with E-state index in [1.807, 2.05) is 48.5 Å². The van der Waals surface area contributed by atoms with Crippen LogP contribution in [0.15, 0.2) is 60.7 Å². The van der Waals surface area contributed by atoms with Crippen molar-refractivity contribution in [1.82, 2.24) is 5.32 Å². The Morgan fingerprint density at radius 1 is 1.00 bits per heavy atom. The molecule has 0 bridgehead atoms. The SMILES string of the molecule is CC(C)(CNC(=O)[C@@H](N)Cc1ccccc1)Cc1ccccc1. The van der Waals surface area contributed by atoms with Gasteiger partial charge in [0.2, 0.25) is 5.91 Å². The smallest absolute Gasteiger partial charge is 0.237 e. The number of benzene rings is 2. The lowest BCUT2D eigenvalue weighted by atomic mass is 9.85. The van der Waals surface area contributed by atoms with Gasteiger partial charge in [0.1, 0.15) is 0 Å². The predicted molar refractivity (Wildman–Crippen MR) is 95.1 cm³/mol. The first-order valence-corrected chi connectivity index (χ1v) is 8.07. The van der Waals surface area contributed by atoms with Crippen molar-refractivity contribution in [3.63, 3.8) is 0 Å². The Balaban J connectivity index is 1.82. The van der Waals surface area contributed by atoms with Crippen molar-refractivity contribution in [2.24, 2.45) is 11.1 Å². The molecule has 0 fully saturated rings. The maximum Gasteiger partial charge on any atom is 0.237 e. The zero-order chi connectivity index (χ0) is 16.7. The van der Waals surface area contributed by atoms with Gasteiger partial charge in [-0.1, -0.05) is 74.5 Å². The molecule has 3 N–H and O–H groups in total. The summed E-state index contributed by atoms with van der Waals surface area (Å²) in [6.45, 7) is 4.93. The first kappa shape index (κ1) is 17.2. The lowest BCUT2D eigenvalue weighted by Gasteiger charge is -2.26. The molecule has 0 aliphatic rings. The van der Waals surface area contributed by atoms with Crippen LogP contribution in [0.25, 0.3) is 0 Å². The molecule has 0 saturated carbocycles. The monoisotopic (exact) mass is 310 g/mol. The molecule has 0 spiro atoms. The summed E-state index contributed by atoms with van der Waals surface area (Å²) in [5.41, 5.74) is 8.37. The van der Waals surface area contributed by atoms with Gasteiger partial charge in [-0.25, -0.2) is 0 Å². The Labute approximate surface area is 138 Å². The Hall–Kier alpha value is -2.13. The molecule has 122 valence electrons. The van der Waals surface area contributed by atoms with Crippen LogP contribution in [0.5, 0.6) is 0 Å². The highest BCUT2D eigenvalue weighted by Gasteiger charge is 2.21. The average Bonchev–Trinajstić information content (AvgIpc) is 2.54. The fraction of sp³-hybridized carbons (Fsp3) is 0.350. The van der Waals surface area contributed by atoms with Crippen LogP contribution < -0.4 is 11.1 Å². The van der Waals surface area contributed by atoms with Gasteiger partial charge < -0.3 is 11.1 Å². The lowest BCUT2D eigenvalue weighted by Crippen LogP contribution is -2.45. The highest BCUT2D eigenvalue weighted by atomic mass is 16.2. The summed E-state index contributed by atoms with van der Waals surface area (Å²) in [4.78, 5) is 12.2. The maximum absolute atomic E-state index is 12.2. The molecule has 0 aliphatic heterocycles. The van der Waals surface area contributed by atoms with E-state index in [-0.39, 0.29) is 11.3 Å². The van der Waals surface area contributed by atoms with E-state index in [0.29, 0.717) is 13.0 Å². The van der Waals surface area contributed by atoms with E-state index in [1.54, 1.807) is 0 Å². The maximum atomic E-state index is 12.2. The summed E-state index contributed by atoms with van der Waals surface area (Å²) in [7, 11) is 0. The van der Waals surface area contributed by atoms with Gasteiger partial charge in [0, 0.05) is 6.54 Å². The van der Waals surface area contributed by atoms with Gasteiger partial charge in [-0.3, -0.25) is 4.79 Å². The van der Waals surface area contributed by atoms with Crippen LogP contribution in [0.1, 0.15) is 25.0 Å². The first-order valence-electron chi connectivity index (χ1n) is 8.07. The molecule has 2 aromatic rings. The summed E-state index contributed by atoms with van der Waals surface area (Å²) in [6.07, 6.45) is 1.48. The van der Waals surface area contributed by atoms with Crippen LogP contribution in [0, 0.1) is 5.41 Å². The van der Waals surface area contributed by atoms with Crippen molar-refractivity contribution in [2.45, 2.75) is 32.7 Å². The molecule has 2 aromatic carbocycles. The minimum Gasteiger partial charge on any atom is -0.354 e. The van der Waals surface area contributed by atoms with Crippen molar-refractivity contribution in [2.75, 3.05) is 6.54 Å². The highest BCUT2D eigenvalue weighted by molar-refractivity contribution is 5.81. The third kappa shape index (κ3) is 5.87. The second-order valence-electron chi connectivity index (χ2n) is 6.84. The number of hydrogen-bond donors (Lipinski definition) is 2. The largest absolute Gasteiger partial charge is 0.354 e. The van der Waals surface area contributed by atoms with E-state index in [1.165, 1.54) is 5.56 Å².